The Hall–Kier alpha value is -1.10. The molecule has 16 heavy (non-hydrogen) atoms. The molecule has 0 spiro atoms. The highest BCUT2D eigenvalue weighted by Crippen LogP contribution is 2.30. The van der Waals surface area contributed by atoms with Gasteiger partial charge in [-0.25, -0.2) is 4.79 Å². The van der Waals surface area contributed by atoms with Gasteiger partial charge in [0.1, 0.15) is 5.78 Å². The molecule has 1 unspecified atom stereocenters. The SMILES string of the molecule is O=C(CN1CCN2C(=O)NCC2C1)C1CC1. The van der Waals surface area contributed by atoms with Crippen molar-refractivity contribution in [3.63, 3.8) is 0 Å². The number of amides is 2. The fraction of sp³-hybridized carbons (Fsp3) is 0.818. The van der Waals surface area contributed by atoms with E-state index in [0.29, 0.717) is 18.2 Å². The van der Waals surface area contributed by atoms with E-state index in [9.17, 15) is 9.59 Å². The van der Waals surface area contributed by atoms with E-state index in [0.717, 1.165) is 39.0 Å². The number of hydrogen-bond acceptors (Lipinski definition) is 3. The van der Waals surface area contributed by atoms with E-state index < -0.39 is 0 Å². The van der Waals surface area contributed by atoms with Crippen molar-refractivity contribution in [3.05, 3.63) is 0 Å². The number of rotatable bonds is 3. The number of nitrogens with one attached hydrogen (secondary N) is 1. The Kier molecular flexibility index (Phi) is 2.35. The molecule has 1 saturated carbocycles. The van der Waals surface area contributed by atoms with E-state index in [2.05, 4.69) is 10.2 Å². The third kappa shape index (κ3) is 1.80. The van der Waals surface area contributed by atoms with Gasteiger partial charge in [-0.15, -0.1) is 0 Å². The number of hydrogen-bond donors (Lipinski definition) is 1. The van der Waals surface area contributed by atoms with Crippen molar-refractivity contribution in [3.8, 4) is 0 Å². The molecule has 2 aliphatic heterocycles. The van der Waals surface area contributed by atoms with Crippen LogP contribution in [0.15, 0.2) is 0 Å². The third-order valence-corrected chi connectivity index (χ3v) is 3.73. The summed E-state index contributed by atoms with van der Waals surface area (Å²) in [5.41, 5.74) is 0. The average Bonchev–Trinajstić information content (AvgIpc) is 3.05. The molecule has 5 nitrogen and oxygen atoms in total. The maximum absolute atomic E-state index is 11.7. The largest absolute Gasteiger partial charge is 0.336 e. The molecule has 1 atom stereocenters. The normalized spacial score (nSPS) is 30.1. The molecule has 1 N–H and O–H groups in total. The van der Waals surface area contributed by atoms with E-state index >= 15 is 0 Å². The molecule has 0 bridgehead atoms. The number of ketones is 1. The molecule has 88 valence electrons. The first-order chi connectivity index (χ1) is 7.74. The molecule has 5 heteroatoms. The highest BCUT2D eigenvalue weighted by Gasteiger charge is 2.37. The minimum Gasteiger partial charge on any atom is -0.336 e. The summed E-state index contributed by atoms with van der Waals surface area (Å²) >= 11 is 0. The van der Waals surface area contributed by atoms with E-state index in [1.54, 1.807) is 0 Å². The lowest BCUT2D eigenvalue weighted by Crippen LogP contribution is -2.53. The highest BCUT2D eigenvalue weighted by atomic mass is 16.2. The van der Waals surface area contributed by atoms with Crippen LogP contribution in [0.1, 0.15) is 12.8 Å². The van der Waals surface area contributed by atoms with Gasteiger partial charge >= 0.3 is 6.03 Å². The summed E-state index contributed by atoms with van der Waals surface area (Å²) in [6.07, 6.45) is 2.17. The van der Waals surface area contributed by atoms with Crippen molar-refractivity contribution in [2.45, 2.75) is 18.9 Å². The van der Waals surface area contributed by atoms with Gasteiger partial charge in [0, 0.05) is 32.1 Å². The van der Waals surface area contributed by atoms with Crippen LogP contribution in [0.4, 0.5) is 4.79 Å². The third-order valence-electron chi connectivity index (χ3n) is 3.73. The maximum atomic E-state index is 11.7. The zero-order valence-corrected chi connectivity index (χ0v) is 9.32. The first-order valence-electron chi connectivity index (χ1n) is 6.03. The summed E-state index contributed by atoms with van der Waals surface area (Å²) in [4.78, 5) is 27.2. The second-order valence-electron chi connectivity index (χ2n) is 5.01. The van der Waals surface area contributed by atoms with Crippen molar-refractivity contribution in [2.24, 2.45) is 5.92 Å². The Morgan fingerprint density at radius 2 is 2.19 bits per heavy atom. The van der Waals surface area contributed by atoms with Crippen molar-refractivity contribution >= 4 is 11.8 Å². The predicted octanol–water partition coefficient (Wildman–Crippen LogP) is -0.325. The quantitative estimate of drug-likeness (QED) is 0.713. The minimum absolute atomic E-state index is 0.0539. The lowest BCUT2D eigenvalue weighted by Gasteiger charge is -2.35. The highest BCUT2D eigenvalue weighted by molar-refractivity contribution is 5.85. The second kappa shape index (κ2) is 3.73. The van der Waals surface area contributed by atoms with E-state index in [-0.39, 0.29) is 12.1 Å². The van der Waals surface area contributed by atoms with Gasteiger partial charge in [-0.1, -0.05) is 0 Å². The molecule has 3 aliphatic rings. The molecule has 2 amide bonds. The lowest BCUT2D eigenvalue weighted by molar-refractivity contribution is -0.121. The smallest absolute Gasteiger partial charge is 0.317 e. The Labute approximate surface area is 94.8 Å². The molecule has 0 aromatic heterocycles. The number of urea groups is 1. The molecular weight excluding hydrogens is 206 g/mol. The number of Topliss-reactive ketones (excluding diaryl/α,β-unsaturated/α-hetero) is 1. The molecule has 0 aromatic rings. The first kappa shape index (κ1) is 10.1. The summed E-state index contributed by atoms with van der Waals surface area (Å²) in [6.45, 7) is 3.75. The van der Waals surface area contributed by atoms with Gasteiger partial charge in [-0.2, -0.15) is 0 Å². The van der Waals surface area contributed by atoms with Crippen LogP contribution < -0.4 is 5.32 Å². The predicted molar refractivity (Wildman–Crippen MR) is 58.1 cm³/mol. The van der Waals surface area contributed by atoms with Crippen LogP contribution >= 0.6 is 0 Å². The van der Waals surface area contributed by atoms with Crippen LogP contribution in [-0.4, -0.2) is 60.4 Å². The van der Waals surface area contributed by atoms with Gasteiger partial charge in [-0.05, 0) is 12.8 Å². The molecule has 3 fully saturated rings. The maximum Gasteiger partial charge on any atom is 0.317 e. The van der Waals surface area contributed by atoms with Crippen LogP contribution in [0.2, 0.25) is 0 Å². The molecular formula is C11H17N3O2. The number of fused-ring (bicyclic) bond motifs is 1. The summed E-state index contributed by atoms with van der Waals surface area (Å²) in [5.74, 6) is 0.743. The molecule has 3 rings (SSSR count). The van der Waals surface area contributed by atoms with Crippen LogP contribution in [0, 0.1) is 5.92 Å². The summed E-state index contributed by atoms with van der Waals surface area (Å²) in [5, 5.41) is 2.85. The van der Waals surface area contributed by atoms with Gasteiger partial charge in [0.25, 0.3) is 0 Å². The number of piperazine rings is 1. The minimum atomic E-state index is 0.0539. The monoisotopic (exact) mass is 223 g/mol. The number of carbonyl (C=O) groups is 2. The second-order valence-corrected chi connectivity index (χ2v) is 5.01. The van der Waals surface area contributed by atoms with Crippen molar-refractivity contribution in [1.82, 2.24) is 15.1 Å². The van der Waals surface area contributed by atoms with Crippen LogP contribution in [0.25, 0.3) is 0 Å². The zero-order chi connectivity index (χ0) is 11.1. The van der Waals surface area contributed by atoms with Gasteiger partial charge in [0.15, 0.2) is 0 Å². The molecule has 1 aliphatic carbocycles. The van der Waals surface area contributed by atoms with Crippen LogP contribution in [0.3, 0.4) is 0 Å². The molecule has 2 saturated heterocycles. The van der Waals surface area contributed by atoms with E-state index in [4.69, 9.17) is 0 Å². The Morgan fingerprint density at radius 3 is 2.94 bits per heavy atom. The fourth-order valence-corrected chi connectivity index (χ4v) is 2.57. The van der Waals surface area contributed by atoms with Crippen LogP contribution in [0.5, 0.6) is 0 Å². The van der Waals surface area contributed by atoms with E-state index in [1.165, 1.54) is 0 Å². The van der Waals surface area contributed by atoms with Gasteiger partial charge < -0.3 is 10.2 Å². The van der Waals surface area contributed by atoms with E-state index in [1.807, 2.05) is 4.90 Å². The summed E-state index contributed by atoms with van der Waals surface area (Å²) < 4.78 is 0. The van der Waals surface area contributed by atoms with Crippen molar-refractivity contribution in [2.75, 3.05) is 32.7 Å². The van der Waals surface area contributed by atoms with Crippen molar-refractivity contribution < 1.29 is 9.59 Å². The first-order valence-corrected chi connectivity index (χ1v) is 6.03. The lowest BCUT2D eigenvalue weighted by atomic mass is 10.1. The topological polar surface area (TPSA) is 52.7 Å². The molecule has 0 aromatic carbocycles. The Balaban J connectivity index is 1.55. The van der Waals surface area contributed by atoms with Crippen molar-refractivity contribution in [1.29, 1.82) is 0 Å². The summed E-state index contributed by atoms with van der Waals surface area (Å²) in [7, 11) is 0. The average molecular weight is 223 g/mol. The van der Waals surface area contributed by atoms with Gasteiger partial charge in [0.05, 0.1) is 12.6 Å². The molecule has 2 heterocycles. The standard InChI is InChI=1S/C11H17N3O2/c15-10(8-1-2-8)7-13-3-4-14-9(6-13)5-12-11(14)16/h8-9H,1-7H2,(H,12,16). The Bertz CT molecular complexity index is 327. The number of carbonyl (C=O) groups excluding carboxylic acids is 2. The fourth-order valence-electron chi connectivity index (χ4n) is 2.57. The molecule has 0 radical (unpaired) electrons. The summed E-state index contributed by atoms with van der Waals surface area (Å²) in [6, 6.07) is 0.325. The van der Waals surface area contributed by atoms with Gasteiger partial charge in [-0.3, -0.25) is 9.69 Å². The Morgan fingerprint density at radius 1 is 1.38 bits per heavy atom. The number of nitrogens with zero attached hydrogens (tertiary/aromatic N) is 2. The zero-order valence-electron chi connectivity index (χ0n) is 9.32. The van der Waals surface area contributed by atoms with Gasteiger partial charge in [0.2, 0.25) is 0 Å². The van der Waals surface area contributed by atoms with Crippen LogP contribution in [-0.2, 0) is 4.79 Å².